The molecule has 0 spiro atoms. The number of likely N-dealkylation sites (tertiary alicyclic amines) is 1. The minimum atomic E-state index is 0.801. The lowest BCUT2D eigenvalue weighted by molar-refractivity contribution is 0.102. The van der Waals surface area contributed by atoms with Crippen molar-refractivity contribution in [3.05, 3.63) is 28.2 Å². The van der Waals surface area contributed by atoms with Gasteiger partial charge < -0.3 is 15.1 Å². The summed E-state index contributed by atoms with van der Waals surface area (Å²) in [4.78, 5) is 5.19. The Morgan fingerprint density at radius 1 is 1.29 bits per heavy atom. The molecule has 2 aliphatic heterocycles. The molecule has 21 heavy (non-hydrogen) atoms. The molecule has 0 radical (unpaired) electrons. The largest absolute Gasteiger partial charge is 0.371 e. The number of benzene rings is 1. The van der Waals surface area contributed by atoms with Gasteiger partial charge in [-0.15, -0.1) is 0 Å². The van der Waals surface area contributed by atoms with Crippen LogP contribution in [0.5, 0.6) is 0 Å². The van der Waals surface area contributed by atoms with E-state index in [1.165, 1.54) is 54.6 Å². The van der Waals surface area contributed by atoms with E-state index >= 15 is 0 Å². The summed E-state index contributed by atoms with van der Waals surface area (Å²) in [5.74, 6) is 0.832. The summed E-state index contributed by atoms with van der Waals surface area (Å²) in [6.45, 7) is 4.61. The molecule has 3 nitrogen and oxygen atoms in total. The van der Waals surface area contributed by atoms with Crippen LogP contribution in [0.15, 0.2) is 22.7 Å². The molecule has 2 aliphatic rings. The molecule has 0 aromatic heterocycles. The van der Waals surface area contributed by atoms with E-state index in [1.54, 1.807) is 0 Å². The molecule has 4 heteroatoms. The highest BCUT2D eigenvalue weighted by Crippen LogP contribution is 2.34. The second kappa shape index (κ2) is 6.67. The van der Waals surface area contributed by atoms with Crippen LogP contribution in [0.3, 0.4) is 0 Å². The minimum absolute atomic E-state index is 0.801. The van der Waals surface area contributed by atoms with Crippen LogP contribution >= 0.6 is 15.9 Å². The highest BCUT2D eigenvalue weighted by molar-refractivity contribution is 9.10. The van der Waals surface area contributed by atoms with Gasteiger partial charge in [-0.25, -0.2) is 0 Å². The Morgan fingerprint density at radius 3 is 2.95 bits per heavy atom. The first kappa shape index (κ1) is 15.3. The van der Waals surface area contributed by atoms with Crippen LogP contribution in [0.25, 0.3) is 0 Å². The fraction of sp³-hybridized carbons (Fsp3) is 0.647. The number of halogens is 1. The van der Waals surface area contributed by atoms with Gasteiger partial charge in [-0.1, -0.05) is 22.0 Å². The number of hydrogen-bond donors (Lipinski definition) is 1. The van der Waals surface area contributed by atoms with E-state index in [0.717, 1.165) is 18.5 Å². The van der Waals surface area contributed by atoms with Crippen molar-refractivity contribution < 1.29 is 0 Å². The lowest BCUT2D eigenvalue weighted by Gasteiger charge is -2.47. The van der Waals surface area contributed by atoms with E-state index in [2.05, 4.69) is 56.3 Å². The third-order valence-corrected chi connectivity index (χ3v) is 5.59. The molecule has 2 saturated heterocycles. The Kier molecular flexibility index (Phi) is 4.87. The average molecular weight is 352 g/mol. The molecule has 0 saturated carbocycles. The summed E-state index contributed by atoms with van der Waals surface area (Å²) < 4.78 is 1.18. The van der Waals surface area contributed by atoms with Crippen molar-refractivity contribution in [2.24, 2.45) is 5.92 Å². The first-order valence-electron chi connectivity index (χ1n) is 8.07. The van der Waals surface area contributed by atoms with Crippen LogP contribution in [0.4, 0.5) is 5.69 Å². The predicted molar refractivity (Wildman–Crippen MR) is 92.9 cm³/mol. The lowest BCUT2D eigenvalue weighted by atomic mass is 9.84. The molecule has 2 heterocycles. The van der Waals surface area contributed by atoms with Gasteiger partial charge in [0.1, 0.15) is 0 Å². The maximum atomic E-state index is 3.64. The SMILES string of the molecule is CNCc1ccc(Br)cc1N1CCC2C(CCCN2C)C1. The van der Waals surface area contributed by atoms with E-state index in [4.69, 9.17) is 0 Å². The van der Waals surface area contributed by atoms with E-state index in [9.17, 15) is 0 Å². The standard InChI is InChI=1S/C17H26BrN3/c1-19-11-13-5-6-15(18)10-17(13)21-9-7-16-14(12-21)4-3-8-20(16)2/h5-6,10,14,16,19H,3-4,7-9,11-12H2,1-2H3. The fourth-order valence-corrected chi connectivity index (χ4v) is 4.39. The normalized spacial score (nSPS) is 26.7. The van der Waals surface area contributed by atoms with Crippen molar-refractivity contribution in [3.8, 4) is 0 Å². The van der Waals surface area contributed by atoms with Crippen LogP contribution in [-0.2, 0) is 6.54 Å². The molecule has 0 amide bonds. The Morgan fingerprint density at radius 2 is 2.14 bits per heavy atom. The molecule has 1 aromatic rings. The number of rotatable bonds is 3. The molecule has 2 fully saturated rings. The molecule has 116 valence electrons. The van der Waals surface area contributed by atoms with Gasteiger partial charge in [0.15, 0.2) is 0 Å². The number of anilines is 1. The average Bonchev–Trinajstić information content (AvgIpc) is 2.49. The first-order valence-corrected chi connectivity index (χ1v) is 8.86. The maximum absolute atomic E-state index is 3.64. The van der Waals surface area contributed by atoms with Crippen molar-refractivity contribution in [2.45, 2.75) is 31.8 Å². The molecular weight excluding hydrogens is 326 g/mol. The maximum Gasteiger partial charge on any atom is 0.0423 e. The van der Waals surface area contributed by atoms with Gasteiger partial charge >= 0.3 is 0 Å². The highest BCUT2D eigenvalue weighted by Gasteiger charge is 2.34. The Balaban J connectivity index is 1.80. The fourth-order valence-electron chi connectivity index (χ4n) is 4.04. The van der Waals surface area contributed by atoms with Gasteiger partial charge in [-0.05, 0) is 63.5 Å². The van der Waals surface area contributed by atoms with Crippen LogP contribution in [0.2, 0.25) is 0 Å². The van der Waals surface area contributed by atoms with E-state index in [0.29, 0.717) is 0 Å². The smallest absolute Gasteiger partial charge is 0.0423 e. The van der Waals surface area contributed by atoms with E-state index in [1.807, 2.05) is 7.05 Å². The second-order valence-corrected chi connectivity index (χ2v) is 7.40. The quantitative estimate of drug-likeness (QED) is 0.902. The van der Waals surface area contributed by atoms with Crippen molar-refractivity contribution >= 4 is 21.6 Å². The van der Waals surface area contributed by atoms with Gasteiger partial charge in [-0.2, -0.15) is 0 Å². The molecule has 3 rings (SSSR count). The highest BCUT2D eigenvalue weighted by atomic mass is 79.9. The van der Waals surface area contributed by atoms with Crippen LogP contribution in [0.1, 0.15) is 24.8 Å². The molecule has 1 aromatic carbocycles. The van der Waals surface area contributed by atoms with Gasteiger partial charge in [0, 0.05) is 35.8 Å². The monoisotopic (exact) mass is 351 g/mol. The summed E-state index contributed by atoms with van der Waals surface area (Å²) in [5, 5.41) is 3.30. The Hall–Kier alpha value is -0.580. The zero-order valence-corrected chi connectivity index (χ0v) is 14.7. The van der Waals surface area contributed by atoms with Gasteiger partial charge in [0.2, 0.25) is 0 Å². The van der Waals surface area contributed by atoms with Crippen molar-refractivity contribution in [2.75, 3.05) is 38.6 Å². The Bertz CT molecular complexity index is 491. The molecule has 0 bridgehead atoms. The molecule has 1 N–H and O–H groups in total. The summed E-state index contributed by atoms with van der Waals surface area (Å²) in [6, 6.07) is 7.49. The summed E-state index contributed by atoms with van der Waals surface area (Å²) >= 11 is 3.64. The number of piperidine rings is 2. The first-order chi connectivity index (χ1) is 10.2. The molecule has 2 unspecified atom stereocenters. The summed E-state index contributed by atoms with van der Waals surface area (Å²) in [5.41, 5.74) is 2.81. The van der Waals surface area contributed by atoms with Gasteiger partial charge in [0.05, 0.1) is 0 Å². The lowest BCUT2D eigenvalue weighted by Crippen LogP contribution is -2.52. The third-order valence-electron chi connectivity index (χ3n) is 5.10. The summed E-state index contributed by atoms with van der Waals surface area (Å²) in [7, 11) is 4.33. The Labute approximate surface area is 136 Å². The zero-order chi connectivity index (χ0) is 14.8. The molecule has 2 atom stereocenters. The third kappa shape index (κ3) is 3.27. The van der Waals surface area contributed by atoms with Crippen LogP contribution in [0, 0.1) is 5.92 Å². The minimum Gasteiger partial charge on any atom is -0.371 e. The van der Waals surface area contributed by atoms with Crippen LogP contribution < -0.4 is 10.2 Å². The molecular formula is C17H26BrN3. The van der Waals surface area contributed by atoms with Gasteiger partial charge in [0.25, 0.3) is 0 Å². The number of nitrogens with zero attached hydrogens (tertiary/aromatic N) is 2. The topological polar surface area (TPSA) is 18.5 Å². The predicted octanol–water partition coefficient (Wildman–Crippen LogP) is 3.09. The van der Waals surface area contributed by atoms with Crippen molar-refractivity contribution in [3.63, 3.8) is 0 Å². The summed E-state index contributed by atoms with van der Waals surface area (Å²) in [6.07, 6.45) is 4.04. The van der Waals surface area contributed by atoms with E-state index in [-0.39, 0.29) is 0 Å². The second-order valence-electron chi connectivity index (χ2n) is 6.49. The number of nitrogens with one attached hydrogen (secondary N) is 1. The number of fused-ring (bicyclic) bond motifs is 1. The molecule has 0 aliphatic carbocycles. The van der Waals surface area contributed by atoms with Crippen molar-refractivity contribution in [1.29, 1.82) is 0 Å². The van der Waals surface area contributed by atoms with Crippen molar-refractivity contribution in [1.82, 2.24) is 10.2 Å². The van der Waals surface area contributed by atoms with Gasteiger partial charge in [-0.3, -0.25) is 0 Å². The zero-order valence-electron chi connectivity index (χ0n) is 13.1. The van der Waals surface area contributed by atoms with Crippen LogP contribution in [-0.4, -0.2) is 44.7 Å². The number of hydrogen-bond acceptors (Lipinski definition) is 3. The van der Waals surface area contributed by atoms with E-state index < -0.39 is 0 Å².